The van der Waals surface area contributed by atoms with Crippen molar-refractivity contribution in [3.63, 3.8) is 0 Å². The predicted octanol–water partition coefficient (Wildman–Crippen LogP) is 3.15. The summed E-state index contributed by atoms with van der Waals surface area (Å²) < 4.78 is 41.2. The van der Waals surface area contributed by atoms with Crippen LogP contribution in [-0.2, 0) is 11.3 Å². The van der Waals surface area contributed by atoms with Gasteiger partial charge < -0.3 is 20.3 Å². The first-order valence-corrected chi connectivity index (χ1v) is 9.36. The molecule has 3 heterocycles. The van der Waals surface area contributed by atoms with Gasteiger partial charge in [0.1, 0.15) is 11.7 Å². The molecule has 11 heteroatoms. The Hall–Kier alpha value is -3.11. The van der Waals surface area contributed by atoms with Gasteiger partial charge in [-0.1, -0.05) is 19.9 Å². The fourth-order valence-electron chi connectivity index (χ4n) is 3.23. The molecule has 0 saturated heterocycles. The lowest BCUT2D eigenvalue weighted by Gasteiger charge is -2.36. The number of amides is 1. The van der Waals surface area contributed by atoms with E-state index in [9.17, 15) is 18.0 Å². The number of hydrogen-bond donors (Lipinski definition) is 2. The maximum atomic E-state index is 12.4. The number of nitrogens with zero attached hydrogens (tertiary/aromatic N) is 4. The Bertz CT molecular complexity index is 918. The fourth-order valence-corrected chi connectivity index (χ4v) is 3.23. The van der Waals surface area contributed by atoms with Gasteiger partial charge in [-0.05, 0) is 18.4 Å². The molecule has 2 N–H and O–H groups in total. The second kappa shape index (κ2) is 8.33. The molecule has 30 heavy (non-hydrogen) atoms. The van der Waals surface area contributed by atoms with Gasteiger partial charge in [-0.3, -0.25) is 4.79 Å². The largest absolute Gasteiger partial charge is 0.468 e. The van der Waals surface area contributed by atoms with Crippen LogP contribution in [0.5, 0.6) is 5.88 Å². The van der Waals surface area contributed by atoms with Crippen molar-refractivity contribution in [2.45, 2.75) is 39.5 Å². The average Bonchev–Trinajstić information content (AvgIpc) is 2.65. The van der Waals surface area contributed by atoms with Crippen molar-refractivity contribution in [1.29, 1.82) is 0 Å². The number of carbonyl (C=O) groups is 1. The standard InChI is InChI=1S/C19H23F3N6O2/c1-10(2)15-17(29)26-14-11(3)25-18(27-16(14)28(15)4)24-8-12-5-6-13(23-7-12)30-9-19(20,21)22/h5-7,10,15H,8-9H2,1-4H3,(H,26,29)(H,24,25,27)/t15-/m0/s1. The van der Waals surface area contributed by atoms with Gasteiger partial charge in [0.2, 0.25) is 17.7 Å². The first-order chi connectivity index (χ1) is 14.0. The summed E-state index contributed by atoms with van der Waals surface area (Å²) in [5, 5.41) is 5.96. The van der Waals surface area contributed by atoms with E-state index in [1.165, 1.54) is 12.3 Å². The Kier molecular flexibility index (Phi) is 5.99. The van der Waals surface area contributed by atoms with Crippen LogP contribution in [0.25, 0.3) is 0 Å². The molecule has 0 aliphatic carbocycles. The summed E-state index contributed by atoms with van der Waals surface area (Å²) in [7, 11) is 1.82. The zero-order valence-electron chi connectivity index (χ0n) is 17.0. The lowest BCUT2D eigenvalue weighted by molar-refractivity contribution is -0.154. The Morgan fingerprint density at radius 3 is 2.63 bits per heavy atom. The fraction of sp³-hybridized carbons (Fsp3) is 0.474. The van der Waals surface area contributed by atoms with E-state index in [-0.39, 0.29) is 23.7 Å². The van der Waals surface area contributed by atoms with Crippen molar-refractivity contribution >= 4 is 23.4 Å². The normalized spacial score (nSPS) is 16.3. The molecular formula is C19H23F3N6O2. The van der Waals surface area contributed by atoms with E-state index in [2.05, 4.69) is 30.3 Å². The topological polar surface area (TPSA) is 92.3 Å². The number of halogens is 3. The summed E-state index contributed by atoms with van der Waals surface area (Å²) in [6, 6.07) is 2.64. The zero-order valence-corrected chi connectivity index (χ0v) is 17.0. The Morgan fingerprint density at radius 1 is 1.30 bits per heavy atom. The average molecular weight is 424 g/mol. The summed E-state index contributed by atoms with van der Waals surface area (Å²) in [6.45, 7) is 4.64. The molecule has 0 radical (unpaired) electrons. The Labute approximate surface area is 171 Å². The number of anilines is 3. The van der Waals surface area contributed by atoms with Crippen molar-refractivity contribution in [3.05, 3.63) is 29.6 Å². The summed E-state index contributed by atoms with van der Waals surface area (Å²) in [5.41, 5.74) is 1.92. The molecule has 8 nitrogen and oxygen atoms in total. The molecule has 2 aromatic heterocycles. The minimum absolute atomic E-state index is 0.0914. The van der Waals surface area contributed by atoms with E-state index in [4.69, 9.17) is 0 Å². The van der Waals surface area contributed by atoms with Crippen LogP contribution < -0.4 is 20.3 Å². The van der Waals surface area contributed by atoms with Gasteiger partial charge in [-0.15, -0.1) is 0 Å². The predicted molar refractivity (Wildman–Crippen MR) is 106 cm³/mol. The molecule has 0 spiro atoms. The number of alkyl halides is 3. The van der Waals surface area contributed by atoms with Gasteiger partial charge in [0, 0.05) is 25.9 Å². The minimum Gasteiger partial charge on any atom is -0.468 e. The number of nitrogens with one attached hydrogen (secondary N) is 2. The maximum Gasteiger partial charge on any atom is 0.422 e. The van der Waals surface area contributed by atoms with Crippen LogP contribution >= 0.6 is 0 Å². The SMILES string of the molecule is Cc1nc(NCc2ccc(OCC(F)(F)F)nc2)nc2c1NC(=O)[C@H](C(C)C)N2C. The molecule has 2 aromatic rings. The molecular weight excluding hydrogens is 401 g/mol. The van der Waals surface area contributed by atoms with Crippen LogP contribution in [0.2, 0.25) is 0 Å². The number of rotatable bonds is 6. The second-order valence-corrected chi connectivity index (χ2v) is 7.38. The maximum absolute atomic E-state index is 12.4. The van der Waals surface area contributed by atoms with Crippen molar-refractivity contribution in [1.82, 2.24) is 15.0 Å². The molecule has 0 unspecified atom stereocenters. The lowest BCUT2D eigenvalue weighted by atomic mass is 9.99. The van der Waals surface area contributed by atoms with Crippen molar-refractivity contribution in [2.75, 3.05) is 29.2 Å². The number of fused-ring (bicyclic) bond motifs is 1. The number of aryl methyl sites for hydroxylation is 1. The quantitative estimate of drug-likeness (QED) is 0.736. The van der Waals surface area contributed by atoms with Crippen LogP contribution in [0.15, 0.2) is 18.3 Å². The summed E-state index contributed by atoms with van der Waals surface area (Å²) >= 11 is 0. The van der Waals surface area contributed by atoms with Gasteiger partial charge in [0.15, 0.2) is 12.4 Å². The number of ether oxygens (including phenoxy) is 1. The molecule has 1 aliphatic heterocycles. The van der Waals surface area contributed by atoms with Crippen LogP contribution in [0.3, 0.4) is 0 Å². The van der Waals surface area contributed by atoms with E-state index in [0.717, 1.165) is 5.56 Å². The molecule has 162 valence electrons. The Balaban J connectivity index is 1.70. The molecule has 0 bridgehead atoms. The van der Waals surface area contributed by atoms with Gasteiger partial charge >= 0.3 is 6.18 Å². The molecule has 0 aromatic carbocycles. The van der Waals surface area contributed by atoms with Crippen LogP contribution in [0, 0.1) is 12.8 Å². The third-order valence-electron chi connectivity index (χ3n) is 4.60. The van der Waals surface area contributed by atoms with Gasteiger partial charge in [0.25, 0.3) is 0 Å². The number of hydrogen-bond acceptors (Lipinski definition) is 7. The first kappa shape index (κ1) is 21.6. The van der Waals surface area contributed by atoms with Crippen LogP contribution in [0.4, 0.5) is 30.6 Å². The smallest absolute Gasteiger partial charge is 0.422 e. The number of aromatic nitrogens is 3. The van der Waals surface area contributed by atoms with Gasteiger partial charge in [-0.2, -0.15) is 18.2 Å². The summed E-state index contributed by atoms with van der Waals surface area (Å²) in [6.07, 6.45) is -2.99. The van der Waals surface area contributed by atoms with Crippen LogP contribution in [0.1, 0.15) is 25.1 Å². The highest BCUT2D eigenvalue weighted by Crippen LogP contribution is 2.34. The highest BCUT2D eigenvalue weighted by Gasteiger charge is 2.35. The molecule has 1 atom stereocenters. The first-order valence-electron chi connectivity index (χ1n) is 9.36. The molecule has 0 saturated carbocycles. The van der Waals surface area contributed by atoms with Gasteiger partial charge in [0.05, 0.1) is 5.69 Å². The van der Waals surface area contributed by atoms with E-state index in [1.807, 2.05) is 25.8 Å². The van der Waals surface area contributed by atoms with Crippen molar-refractivity contribution in [2.24, 2.45) is 5.92 Å². The third kappa shape index (κ3) is 4.89. The monoisotopic (exact) mass is 424 g/mol. The summed E-state index contributed by atoms with van der Waals surface area (Å²) in [5.74, 6) is 0.894. The Morgan fingerprint density at radius 2 is 2.03 bits per heavy atom. The highest BCUT2D eigenvalue weighted by atomic mass is 19.4. The van der Waals surface area contributed by atoms with E-state index in [0.29, 0.717) is 29.7 Å². The van der Waals surface area contributed by atoms with Crippen molar-refractivity contribution in [3.8, 4) is 5.88 Å². The number of likely N-dealkylation sites (N-methyl/N-ethyl adjacent to an activating group) is 1. The number of carbonyl (C=O) groups excluding carboxylic acids is 1. The second-order valence-electron chi connectivity index (χ2n) is 7.38. The summed E-state index contributed by atoms with van der Waals surface area (Å²) in [4.78, 5) is 27.0. The minimum atomic E-state index is -4.41. The molecule has 1 amide bonds. The molecule has 3 rings (SSSR count). The van der Waals surface area contributed by atoms with Crippen molar-refractivity contribution < 1.29 is 22.7 Å². The third-order valence-corrected chi connectivity index (χ3v) is 4.60. The highest BCUT2D eigenvalue weighted by molar-refractivity contribution is 6.03. The molecule has 0 fully saturated rings. The lowest BCUT2D eigenvalue weighted by Crippen LogP contribution is -2.49. The van der Waals surface area contributed by atoms with E-state index in [1.54, 1.807) is 13.0 Å². The van der Waals surface area contributed by atoms with E-state index >= 15 is 0 Å². The molecule has 1 aliphatic rings. The van der Waals surface area contributed by atoms with E-state index < -0.39 is 12.8 Å². The zero-order chi connectivity index (χ0) is 22.1. The van der Waals surface area contributed by atoms with Gasteiger partial charge in [-0.25, -0.2) is 9.97 Å². The van der Waals surface area contributed by atoms with Crippen LogP contribution in [-0.4, -0.2) is 46.7 Å². The number of pyridine rings is 1.